The van der Waals surface area contributed by atoms with E-state index in [0.29, 0.717) is 56.6 Å². The van der Waals surface area contributed by atoms with Crippen molar-refractivity contribution in [2.24, 2.45) is 0 Å². The Morgan fingerprint density at radius 2 is 1.64 bits per heavy atom. The van der Waals surface area contributed by atoms with Gasteiger partial charge in [0.15, 0.2) is 28.3 Å². The van der Waals surface area contributed by atoms with Gasteiger partial charge in [-0.05, 0) is 72.3 Å². The molecule has 1 N–H and O–H groups in total. The van der Waals surface area contributed by atoms with Crippen LogP contribution in [0.5, 0.6) is 17.2 Å². The van der Waals surface area contributed by atoms with Crippen LogP contribution in [0.15, 0.2) is 84.6 Å². The van der Waals surface area contributed by atoms with Crippen molar-refractivity contribution in [1.29, 1.82) is 0 Å². The molecule has 42 heavy (non-hydrogen) atoms. The highest BCUT2D eigenvalue weighted by Gasteiger charge is 2.16. The number of halogens is 1. The number of methoxy groups -OCH3 is 3. The summed E-state index contributed by atoms with van der Waals surface area (Å²) in [6.45, 7) is 4.30. The van der Waals surface area contributed by atoms with Crippen molar-refractivity contribution in [2.45, 2.75) is 11.7 Å². The van der Waals surface area contributed by atoms with Crippen molar-refractivity contribution < 1.29 is 23.8 Å². The number of thioether (sulfide) groups is 1. The summed E-state index contributed by atoms with van der Waals surface area (Å²) in [5, 5.41) is 12.6. The van der Waals surface area contributed by atoms with Crippen molar-refractivity contribution in [3.63, 3.8) is 0 Å². The molecular weight excluding hydrogens is 576 g/mol. The Hall–Kier alpha value is -4.54. The van der Waals surface area contributed by atoms with Crippen molar-refractivity contribution >= 4 is 46.8 Å². The second-order valence-corrected chi connectivity index (χ2v) is 10.2. The fourth-order valence-corrected chi connectivity index (χ4v) is 4.89. The van der Waals surface area contributed by atoms with E-state index in [4.69, 9.17) is 25.8 Å². The van der Waals surface area contributed by atoms with Crippen LogP contribution in [0.4, 0.5) is 5.69 Å². The molecule has 216 valence electrons. The standard InChI is InChI=1S/C31H29ClN4O5S/c1-5-16-36-30(22-7-11-23(32)12-8-22)34-35-31(36)42-19-28(38)33-24-13-9-21(10-14-24)25(37)15-6-20-17-26(39-2)29(41-4)27(18-20)40-3/h5-15,17-18H,1,16,19H2,2-4H3,(H,33,38)/b15-6+. The Balaban J connectivity index is 1.36. The number of carbonyl (C=O) groups excluding carboxylic acids is 2. The number of ketones is 1. The molecule has 0 unspecified atom stereocenters. The molecule has 4 rings (SSSR count). The lowest BCUT2D eigenvalue weighted by Crippen LogP contribution is -2.14. The molecule has 0 bridgehead atoms. The molecule has 1 amide bonds. The molecule has 1 heterocycles. The maximum Gasteiger partial charge on any atom is 0.234 e. The van der Waals surface area contributed by atoms with Gasteiger partial charge in [-0.1, -0.05) is 35.5 Å². The smallest absolute Gasteiger partial charge is 0.234 e. The molecule has 11 heteroatoms. The summed E-state index contributed by atoms with van der Waals surface area (Å²) in [5.74, 6) is 1.82. The molecule has 0 atom stereocenters. The summed E-state index contributed by atoms with van der Waals surface area (Å²) in [6, 6.07) is 17.5. The van der Waals surface area contributed by atoms with Crippen LogP contribution >= 0.6 is 23.4 Å². The molecule has 0 radical (unpaired) electrons. The second kappa shape index (κ2) is 14.4. The van der Waals surface area contributed by atoms with E-state index in [1.165, 1.54) is 39.2 Å². The SMILES string of the molecule is C=CCn1c(SCC(=O)Nc2ccc(C(=O)/C=C/c3cc(OC)c(OC)c(OC)c3)cc2)nnc1-c1ccc(Cl)cc1. The van der Waals surface area contributed by atoms with Gasteiger partial charge in [0.1, 0.15) is 0 Å². The van der Waals surface area contributed by atoms with Crippen LogP contribution in [0.2, 0.25) is 5.02 Å². The molecule has 0 aliphatic carbocycles. The Labute approximate surface area is 253 Å². The third kappa shape index (κ3) is 7.39. The molecule has 4 aromatic rings. The van der Waals surface area contributed by atoms with E-state index in [9.17, 15) is 9.59 Å². The van der Waals surface area contributed by atoms with Crippen molar-refractivity contribution in [3.8, 4) is 28.6 Å². The number of aromatic nitrogens is 3. The maximum absolute atomic E-state index is 12.8. The molecule has 0 aliphatic rings. The van der Waals surface area contributed by atoms with Crippen LogP contribution in [0.3, 0.4) is 0 Å². The van der Waals surface area contributed by atoms with Crippen molar-refractivity contribution in [1.82, 2.24) is 14.8 Å². The zero-order valence-corrected chi connectivity index (χ0v) is 24.9. The Kier molecular flexibility index (Phi) is 10.4. The van der Waals surface area contributed by atoms with E-state index in [1.807, 2.05) is 16.7 Å². The maximum atomic E-state index is 12.8. The molecule has 0 spiro atoms. The second-order valence-electron chi connectivity index (χ2n) is 8.78. The summed E-state index contributed by atoms with van der Waals surface area (Å²) in [6.07, 6.45) is 4.88. The molecule has 0 saturated heterocycles. The molecule has 3 aromatic carbocycles. The molecule has 1 aromatic heterocycles. The van der Waals surface area contributed by atoms with Gasteiger partial charge in [0, 0.05) is 28.4 Å². The van der Waals surface area contributed by atoms with Crippen LogP contribution in [0.25, 0.3) is 17.5 Å². The van der Waals surface area contributed by atoms with Crippen LogP contribution in [-0.4, -0.2) is 53.5 Å². The number of benzene rings is 3. The predicted octanol–water partition coefficient (Wildman–Crippen LogP) is 6.44. The van der Waals surface area contributed by atoms with E-state index in [-0.39, 0.29) is 17.4 Å². The Morgan fingerprint density at radius 1 is 0.976 bits per heavy atom. The zero-order valence-electron chi connectivity index (χ0n) is 23.3. The van der Waals surface area contributed by atoms with Gasteiger partial charge in [-0.25, -0.2) is 0 Å². The number of anilines is 1. The lowest BCUT2D eigenvalue weighted by atomic mass is 10.1. The zero-order chi connectivity index (χ0) is 30.1. The molecular formula is C31H29ClN4O5S. The van der Waals surface area contributed by atoms with Gasteiger partial charge in [-0.2, -0.15) is 0 Å². The summed E-state index contributed by atoms with van der Waals surface area (Å²) < 4.78 is 17.9. The normalized spacial score (nSPS) is 10.9. The number of rotatable bonds is 13. The van der Waals surface area contributed by atoms with E-state index < -0.39 is 0 Å². The van der Waals surface area contributed by atoms with E-state index >= 15 is 0 Å². The van der Waals surface area contributed by atoms with E-state index in [2.05, 4.69) is 22.1 Å². The fraction of sp³-hybridized carbons (Fsp3) is 0.161. The predicted molar refractivity (Wildman–Crippen MR) is 166 cm³/mol. The lowest BCUT2D eigenvalue weighted by Gasteiger charge is -2.12. The largest absolute Gasteiger partial charge is 0.493 e. The summed E-state index contributed by atoms with van der Waals surface area (Å²) in [4.78, 5) is 25.4. The fourth-order valence-electron chi connectivity index (χ4n) is 4.01. The van der Waals surface area contributed by atoms with Gasteiger partial charge in [0.2, 0.25) is 11.7 Å². The number of hydrogen-bond donors (Lipinski definition) is 1. The number of ether oxygens (including phenoxy) is 3. The van der Waals surface area contributed by atoms with Crippen LogP contribution in [-0.2, 0) is 11.3 Å². The highest BCUT2D eigenvalue weighted by atomic mass is 35.5. The van der Waals surface area contributed by atoms with Crippen LogP contribution in [0.1, 0.15) is 15.9 Å². The van der Waals surface area contributed by atoms with Gasteiger partial charge in [0.05, 0.1) is 27.1 Å². The number of nitrogens with one attached hydrogen (secondary N) is 1. The molecule has 0 aliphatic heterocycles. The number of carbonyl (C=O) groups is 2. The summed E-state index contributed by atoms with van der Waals surface area (Å²) in [5.41, 5.74) is 2.61. The Bertz CT molecular complexity index is 1580. The summed E-state index contributed by atoms with van der Waals surface area (Å²) >= 11 is 7.27. The van der Waals surface area contributed by atoms with Crippen LogP contribution in [0, 0.1) is 0 Å². The first kappa shape index (κ1) is 30.4. The van der Waals surface area contributed by atoms with Gasteiger partial charge in [0.25, 0.3) is 0 Å². The third-order valence-corrected chi connectivity index (χ3v) is 7.25. The first-order valence-electron chi connectivity index (χ1n) is 12.7. The highest BCUT2D eigenvalue weighted by Crippen LogP contribution is 2.38. The monoisotopic (exact) mass is 604 g/mol. The third-order valence-electron chi connectivity index (χ3n) is 6.03. The minimum atomic E-state index is -0.220. The van der Waals surface area contributed by atoms with Gasteiger partial charge in [-0.3, -0.25) is 14.2 Å². The number of hydrogen-bond acceptors (Lipinski definition) is 8. The average Bonchev–Trinajstić information content (AvgIpc) is 3.41. The minimum absolute atomic E-state index is 0.119. The van der Waals surface area contributed by atoms with Crippen molar-refractivity contribution in [2.75, 3.05) is 32.4 Å². The first-order chi connectivity index (χ1) is 20.4. The summed E-state index contributed by atoms with van der Waals surface area (Å²) in [7, 11) is 4.59. The quantitative estimate of drug-likeness (QED) is 0.0805. The number of allylic oxidation sites excluding steroid dienone is 2. The Morgan fingerprint density at radius 3 is 2.24 bits per heavy atom. The van der Waals surface area contributed by atoms with E-state index in [0.717, 1.165) is 5.56 Å². The van der Waals surface area contributed by atoms with Gasteiger partial charge >= 0.3 is 0 Å². The van der Waals surface area contributed by atoms with E-state index in [1.54, 1.807) is 60.7 Å². The number of nitrogens with zero attached hydrogens (tertiary/aromatic N) is 3. The topological polar surface area (TPSA) is 105 Å². The lowest BCUT2D eigenvalue weighted by molar-refractivity contribution is -0.113. The van der Waals surface area contributed by atoms with Gasteiger partial charge in [-0.15, -0.1) is 16.8 Å². The first-order valence-corrected chi connectivity index (χ1v) is 14.1. The molecule has 9 nitrogen and oxygen atoms in total. The highest BCUT2D eigenvalue weighted by molar-refractivity contribution is 7.99. The van der Waals surface area contributed by atoms with Gasteiger partial charge < -0.3 is 19.5 Å². The van der Waals surface area contributed by atoms with Crippen molar-refractivity contribution in [3.05, 3.63) is 95.5 Å². The molecule has 0 saturated carbocycles. The average molecular weight is 605 g/mol. The van der Waals surface area contributed by atoms with Crippen LogP contribution < -0.4 is 19.5 Å². The molecule has 0 fully saturated rings. The minimum Gasteiger partial charge on any atom is -0.493 e. The number of amides is 1.